The second-order valence-electron chi connectivity index (χ2n) is 6.99. The molecule has 1 saturated heterocycles. The van der Waals surface area contributed by atoms with Crippen LogP contribution in [0.4, 0.5) is 0 Å². The number of piperidine rings is 1. The van der Waals surface area contributed by atoms with Crippen LogP contribution >= 0.6 is 0 Å². The number of rotatable bonds is 4. The minimum atomic E-state index is 0.249. The van der Waals surface area contributed by atoms with E-state index in [-0.39, 0.29) is 5.91 Å². The van der Waals surface area contributed by atoms with Crippen LogP contribution in [0, 0.1) is 6.92 Å². The summed E-state index contributed by atoms with van der Waals surface area (Å²) >= 11 is 0. The average molecular weight is 336 g/mol. The summed E-state index contributed by atoms with van der Waals surface area (Å²) in [5.41, 5.74) is 3.53. The second-order valence-corrected chi connectivity index (χ2v) is 6.99. The number of hydrogen-bond acceptors (Lipinski definition) is 2. The van der Waals surface area contributed by atoms with Crippen LogP contribution in [0.5, 0.6) is 0 Å². The van der Waals surface area contributed by atoms with Crippen molar-refractivity contribution < 1.29 is 4.79 Å². The van der Waals surface area contributed by atoms with Crippen LogP contribution in [0.25, 0.3) is 10.9 Å². The zero-order chi connectivity index (χ0) is 17.2. The molecule has 1 fully saturated rings. The Hall–Kier alpha value is -2.56. The quantitative estimate of drug-likeness (QED) is 0.793. The highest BCUT2D eigenvalue weighted by Gasteiger charge is 2.25. The molecule has 1 atom stereocenters. The molecular formula is C20H24N4O. The van der Waals surface area contributed by atoms with Crippen LogP contribution in [0.2, 0.25) is 0 Å². The third-order valence-corrected chi connectivity index (χ3v) is 5.14. The number of aryl methyl sites for hydroxylation is 2. The van der Waals surface area contributed by atoms with Crippen LogP contribution in [-0.2, 0) is 11.2 Å². The maximum absolute atomic E-state index is 12.7. The summed E-state index contributed by atoms with van der Waals surface area (Å²) in [7, 11) is 0. The molecular weight excluding hydrogens is 312 g/mol. The van der Waals surface area contributed by atoms with Crippen LogP contribution in [-0.4, -0.2) is 38.7 Å². The minimum Gasteiger partial charge on any atom is -0.361 e. The van der Waals surface area contributed by atoms with Gasteiger partial charge < -0.3 is 9.88 Å². The molecule has 1 amide bonds. The fraction of sp³-hybridized carbons (Fsp3) is 0.400. The van der Waals surface area contributed by atoms with Gasteiger partial charge in [-0.25, -0.2) is 0 Å². The van der Waals surface area contributed by atoms with Crippen LogP contribution in [0.1, 0.15) is 36.4 Å². The van der Waals surface area contributed by atoms with E-state index >= 15 is 0 Å². The maximum atomic E-state index is 12.7. The first-order chi connectivity index (χ1) is 12.2. The van der Waals surface area contributed by atoms with Gasteiger partial charge in [0, 0.05) is 42.8 Å². The molecule has 0 bridgehead atoms. The SMILES string of the molecule is Cc1cnn([C@H]2CCCN(C(=O)CCc3c[nH]c4ccccc34)C2)c1. The van der Waals surface area contributed by atoms with Gasteiger partial charge in [0.1, 0.15) is 0 Å². The molecule has 0 saturated carbocycles. The molecule has 3 heterocycles. The van der Waals surface area contributed by atoms with Gasteiger partial charge in [0.15, 0.2) is 0 Å². The van der Waals surface area contributed by atoms with E-state index < -0.39 is 0 Å². The molecule has 5 heteroatoms. The Morgan fingerprint density at radius 1 is 1.36 bits per heavy atom. The van der Waals surface area contributed by atoms with E-state index in [1.807, 2.05) is 34.1 Å². The summed E-state index contributed by atoms with van der Waals surface area (Å²) in [5, 5.41) is 5.65. The molecule has 0 aliphatic carbocycles. The topological polar surface area (TPSA) is 53.9 Å². The molecule has 4 rings (SSSR count). The third kappa shape index (κ3) is 3.31. The summed E-state index contributed by atoms with van der Waals surface area (Å²) in [5.74, 6) is 0.249. The van der Waals surface area contributed by atoms with E-state index in [0.717, 1.165) is 37.9 Å². The van der Waals surface area contributed by atoms with Gasteiger partial charge in [0.05, 0.1) is 12.2 Å². The summed E-state index contributed by atoms with van der Waals surface area (Å²) in [6.07, 6.45) is 9.47. The largest absolute Gasteiger partial charge is 0.361 e. The highest BCUT2D eigenvalue weighted by atomic mass is 16.2. The molecule has 0 unspecified atom stereocenters. The van der Waals surface area contributed by atoms with Crippen molar-refractivity contribution in [2.24, 2.45) is 0 Å². The van der Waals surface area contributed by atoms with Crippen LogP contribution in [0.3, 0.4) is 0 Å². The molecule has 130 valence electrons. The number of nitrogens with one attached hydrogen (secondary N) is 1. The highest BCUT2D eigenvalue weighted by molar-refractivity contribution is 5.84. The Morgan fingerprint density at radius 2 is 2.24 bits per heavy atom. The minimum absolute atomic E-state index is 0.249. The smallest absolute Gasteiger partial charge is 0.222 e. The number of likely N-dealkylation sites (tertiary alicyclic amines) is 1. The Bertz CT molecular complexity index is 879. The molecule has 2 aromatic heterocycles. The van der Waals surface area contributed by atoms with Crippen molar-refractivity contribution >= 4 is 16.8 Å². The van der Waals surface area contributed by atoms with Gasteiger partial charge in [-0.2, -0.15) is 5.10 Å². The lowest BCUT2D eigenvalue weighted by atomic mass is 10.0. The van der Waals surface area contributed by atoms with Crippen molar-refractivity contribution in [1.82, 2.24) is 19.7 Å². The van der Waals surface area contributed by atoms with E-state index in [1.165, 1.54) is 16.5 Å². The molecule has 1 N–H and O–H groups in total. The lowest BCUT2D eigenvalue weighted by molar-refractivity contribution is -0.132. The van der Waals surface area contributed by atoms with Gasteiger partial charge >= 0.3 is 0 Å². The first-order valence-corrected chi connectivity index (χ1v) is 9.04. The number of aromatic nitrogens is 3. The standard InChI is InChI=1S/C20H24N4O/c1-15-11-22-24(13-15)17-5-4-10-23(14-17)20(25)9-8-16-12-21-19-7-3-2-6-18(16)19/h2-3,6-7,11-13,17,21H,4-5,8-10,14H2,1H3/t17-/m0/s1. The number of fused-ring (bicyclic) bond motifs is 1. The Labute approximate surface area is 147 Å². The number of aromatic amines is 1. The van der Waals surface area contributed by atoms with Gasteiger partial charge in [-0.15, -0.1) is 0 Å². The molecule has 5 nitrogen and oxygen atoms in total. The molecule has 1 aliphatic heterocycles. The van der Waals surface area contributed by atoms with Gasteiger partial charge in [0.2, 0.25) is 5.91 Å². The van der Waals surface area contributed by atoms with Crippen molar-refractivity contribution in [2.45, 2.75) is 38.6 Å². The fourth-order valence-corrected chi connectivity index (χ4v) is 3.77. The second kappa shape index (κ2) is 6.75. The summed E-state index contributed by atoms with van der Waals surface area (Å²) in [4.78, 5) is 18.0. The zero-order valence-electron chi connectivity index (χ0n) is 14.6. The Balaban J connectivity index is 1.39. The Morgan fingerprint density at radius 3 is 3.08 bits per heavy atom. The normalized spacial score (nSPS) is 18.0. The highest BCUT2D eigenvalue weighted by Crippen LogP contribution is 2.23. The molecule has 25 heavy (non-hydrogen) atoms. The van der Waals surface area contributed by atoms with Gasteiger partial charge in [-0.1, -0.05) is 18.2 Å². The molecule has 1 aromatic carbocycles. The van der Waals surface area contributed by atoms with Crippen molar-refractivity contribution in [3.05, 3.63) is 54.0 Å². The third-order valence-electron chi connectivity index (χ3n) is 5.14. The summed E-state index contributed by atoms with van der Waals surface area (Å²) < 4.78 is 2.02. The van der Waals surface area contributed by atoms with E-state index in [9.17, 15) is 4.79 Å². The van der Waals surface area contributed by atoms with E-state index in [4.69, 9.17) is 0 Å². The molecule has 0 radical (unpaired) electrons. The molecule has 1 aliphatic rings. The number of nitrogens with zero attached hydrogens (tertiary/aromatic N) is 3. The number of carbonyl (C=O) groups excluding carboxylic acids is 1. The van der Waals surface area contributed by atoms with Gasteiger partial charge in [-0.3, -0.25) is 9.48 Å². The summed E-state index contributed by atoms with van der Waals surface area (Å²) in [6.45, 7) is 3.69. The first kappa shape index (κ1) is 15.9. The van der Waals surface area contributed by atoms with Crippen molar-refractivity contribution in [3.63, 3.8) is 0 Å². The number of H-pyrrole nitrogens is 1. The lowest BCUT2D eigenvalue weighted by Gasteiger charge is -2.33. The number of carbonyl (C=O) groups is 1. The van der Waals surface area contributed by atoms with Crippen molar-refractivity contribution in [2.75, 3.05) is 13.1 Å². The number of hydrogen-bond donors (Lipinski definition) is 1. The predicted octanol–water partition coefficient (Wildman–Crippen LogP) is 3.47. The fourth-order valence-electron chi connectivity index (χ4n) is 3.77. The number of amides is 1. The van der Waals surface area contributed by atoms with E-state index in [2.05, 4.69) is 35.3 Å². The van der Waals surface area contributed by atoms with Gasteiger partial charge in [-0.05, 0) is 43.4 Å². The predicted molar refractivity (Wildman–Crippen MR) is 98.4 cm³/mol. The van der Waals surface area contributed by atoms with Crippen LogP contribution < -0.4 is 0 Å². The first-order valence-electron chi connectivity index (χ1n) is 9.04. The van der Waals surface area contributed by atoms with Crippen molar-refractivity contribution in [3.8, 4) is 0 Å². The zero-order valence-corrected chi connectivity index (χ0v) is 14.6. The molecule has 3 aromatic rings. The average Bonchev–Trinajstić information content (AvgIpc) is 3.26. The van der Waals surface area contributed by atoms with Crippen molar-refractivity contribution in [1.29, 1.82) is 0 Å². The van der Waals surface area contributed by atoms with Gasteiger partial charge in [0.25, 0.3) is 0 Å². The summed E-state index contributed by atoms with van der Waals surface area (Å²) in [6, 6.07) is 8.56. The van der Waals surface area contributed by atoms with E-state index in [0.29, 0.717) is 12.5 Å². The lowest BCUT2D eigenvalue weighted by Crippen LogP contribution is -2.40. The Kier molecular flexibility index (Phi) is 4.30. The maximum Gasteiger partial charge on any atom is 0.222 e. The number of para-hydroxylation sites is 1. The molecule has 0 spiro atoms. The van der Waals surface area contributed by atoms with Crippen LogP contribution in [0.15, 0.2) is 42.9 Å². The monoisotopic (exact) mass is 336 g/mol. The number of benzene rings is 1. The van der Waals surface area contributed by atoms with E-state index in [1.54, 1.807) is 0 Å².